The Morgan fingerprint density at radius 2 is 2.12 bits per heavy atom. The second-order valence-corrected chi connectivity index (χ2v) is 4.64. The van der Waals surface area contributed by atoms with Gasteiger partial charge in [0.2, 0.25) is 0 Å². The van der Waals surface area contributed by atoms with Crippen molar-refractivity contribution in [1.29, 1.82) is 0 Å². The van der Waals surface area contributed by atoms with Gasteiger partial charge in [-0.2, -0.15) is 0 Å². The molecule has 1 unspecified atom stereocenters. The van der Waals surface area contributed by atoms with E-state index in [1.54, 1.807) is 0 Å². The SMILES string of the molecule is CNC(COC(C)C)Cc1cccc(Cl)c1. The fourth-order valence-corrected chi connectivity index (χ4v) is 1.71. The van der Waals surface area contributed by atoms with Crippen LogP contribution in [0.5, 0.6) is 0 Å². The van der Waals surface area contributed by atoms with E-state index in [1.165, 1.54) is 5.56 Å². The lowest BCUT2D eigenvalue weighted by Crippen LogP contribution is -2.33. The molecule has 2 nitrogen and oxygen atoms in total. The lowest BCUT2D eigenvalue weighted by Gasteiger charge is -2.18. The molecular weight excluding hydrogens is 222 g/mol. The van der Waals surface area contributed by atoms with E-state index in [0.717, 1.165) is 18.1 Å². The van der Waals surface area contributed by atoms with Crippen LogP contribution in [-0.4, -0.2) is 25.8 Å². The topological polar surface area (TPSA) is 21.3 Å². The first-order chi connectivity index (χ1) is 7.61. The van der Waals surface area contributed by atoms with Crippen LogP contribution in [0, 0.1) is 0 Å². The molecule has 1 rings (SSSR count). The second-order valence-electron chi connectivity index (χ2n) is 4.20. The highest BCUT2D eigenvalue weighted by Crippen LogP contribution is 2.12. The van der Waals surface area contributed by atoms with Gasteiger partial charge < -0.3 is 10.1 Å². The third-order valence-corrected chi connectivity index (χ3v) is 2.65. The van der Waals surface area contributed by atoms with E-state index in [4.69, 9.17) is 16.3 Å². The van der Waals surface area contributed by atoms with Crippen LogP contribution in [0.1, 0.15) is 19.4 Å². The molecule has 0 saturated heterocycles. The minimum absolute atomic E-state index is 0.273. The normalized spacial score (nSPS) is 13.1. The lowest BCUT2D eigenvalue weighted by molar-refractivity contribution is 0.0628. The van der Waals surface area contributed by atoms with E-state index >= 15 is 0 Å². The molecule has 0 heterocycles. The maximum Gasteiger partial charge on any atom is 0.0626 e. The Hall–Kier alpha value is -0.570. The largest absolute Gasteiger partial charge is 0.377 e. The average molecular weight is 242 g/mol. The summed E-state index contributed by atoms with van der Waals surface area (Å²) in [6.45, 7) is 4.82. The van der Waals surface area contributed by atoms with Crippen molar-refractivity contribution in [2.75, 3.05) is 13.7 Å². The molecule has 0 spiro atoms. The third kappa shape index (κ3) is 4.97. The monoisotopic (exact) mass is 241 g/mol. The summed E-state index contributed by atoms with van der Waals surface area (Å²) in [4.78, 5) is 0. The van der Waals surface area contributed by atoms with Crippen molar-refractivity contribution < 1.29 is 4.74 Å². The predicted molar refractivity (Wildman–Crippen MR) is 69.1 cm³/mol. The van der Waals surface area contributed by atoms with Crippen molar-refractivity contribution in [1.82, 2.24) is 5.32 Å². The van der Waals surface area contributed by atoms with Gasteiger partial charge in [-0.15, -0.1) is 0 Å². The summed E-state index contributed by atoms with van der Waals surface area (Å²) in [6, 6.07) is 8.30. The fraction of sp³-hybridized carbons (Fsp3) is 0.538. The van der Waals surface area contributed by atoms with Crippen molar-refractivity contribution in [2.24, 2.45) is 0 Å². The Bertz CT molecular complexity index is 315. The Morgan fingerprint density at radius 3 is 2.69 bits per heavy atom. The van der Waals surface area contributed by atoms with Crippen molar-refractivity contribution in [3.8, 4) is 0 Å². The van der Waals surface area contributed by atoms with Gasteiger partial charge in [0.15, 0.2) is 0 Å². The molecule has 1 aromatic carbocycles. The zero-order valence-electron chi connectivity index (χ0n) is 10.2. The lowest BCUT2D eigenvalue weighted by atomic mass is 10.1. The number of halogens is 1. The number of rotatable bonds is 6. The van der Waals surface area contributed by atoms with E-state index < -0.39 is 0 Å². The minimum atomic E-state index is 0.273. The van der Waals surface area contributed by atoms with Crippen LogP contribution in [-0.2, 0) is 11.2 Å². The van der Waals surface area contributed by atoms with Gasteiger partial charge in [-0.05, 0) is 45.0 Å². The molecule has 0 bridgehead atoms. The highest BCUT2D eigenvalue weighted by atomic mass is 35.5. The molecule has 90 valence electrons. The number of hydrogen-bond donors (Lipinski definition) is 1. The molecule has 0 aliphatic carbocycles. The van der Waals surface area contributed by atoms with Gasteiger partial charge in [0, 0.05) is 11.1 Å². The highest BCUT2D eigenvalue weighted by Gasteiger charge is 2.08. The summed E-state index contributed by atoms with van der Waals surface area (Å²) >= 11 is 5.95. The van der Waals surface area contributed by atoms with Crippen molar-refractivity contribution in [2.45, 2.75) is 32.4 Å². The Labute approximate surface area is 103 Å². The van der Waals surface area contributed by atoms with Crippen LogP contribution >= 0.6 is 11.6 Å². The summed E-state index contributed by atoms with van der Waals surface area (Å²) in [7, 11) is 1.96. The average Bonchev–Trinajstić information content (AvgIpc) is 2.24. The zero-order valence-corrected chi connectivity index (χ0v) is 10.9. The van der Waals surface area contributed by atoms with Crippen molar-refractivity contribution in [3.63, 3.8) is 0 Å². The number of benzene rings is 1. The van der Waals surface area contributed by atoms with Gasteiger partial charge in [0.1, 0.15) is 0 Å². The van der Waals surface area contributed by atoms with Crippen LogP contribution in [0.4, 0.5) is 0 Å². The Morgan fingerprint density at radius 1 is 1.38 bits per heavy atom. The molecule has 0 amide bonds. The first kappa shape index (κ1) is 13.5. The summed E-state index contributed by atoms with van der Waals surface area (Å²) in [5, 5.41) is 4.05. The molecule has 1 atom stereocenters. The standard InChI is InChI=1S/C13H20ClNO/c1-10(2)16-9-13(15-3)8-11-5-4-6-12(14)7-11/h4-7,10,13,15H,8-9H2,1-3H3. The minimum Gasteiger partial charge on any atom is -0.377 e. The van der Waals surface area contributed by atoms with Crippen molar-refractivity contribution >= 4 is 11.6 Å². The quantitative estimate of drug-likeness (QED) is 0.827. The van der Waals surface area contributed by atoms with Crippen molar-refractivity contribution in [3.05, 3.63) is 34.9 Å². The molecule has 0 saturated carbocycles. The van der Waals surface area contributed by atoms with E-state index in [2.05, 4.69) is 11.4 Å². The molecule has 0 aliphatic rings. The number of nitrogens with one attached hydrogen (secondary N) is 1. The van der Waals surface area contributed by atoms with Crippen LogP contribution in [0.3, 0.4) is 0 Å². The fourth-order valence-electron chi connectivity index (χ4n) is 1.50. The smallest absolute Gasteiger partial charge is 0.0626 e. The molecule has 3 heteroatoms. The first-order valence-electron chi connectivity index (χ1n) is 5.65. The maximum atomic E-state index is 5.95. The van der Waals surface area contributed by atoms with E-state index in [9.17, 15) is 0 Å². The van der Waals surface area contributed by atoms with E-state index in [1.807, 2.05) is 39.1 Å². The van der Waals surface area contributed by atoms with Gasteiger partial charge in [0.25, 0.3) is 0 Å². The summed E-state index contributed by atoms with van der Waals surface area (Å²) in [6.07, 6.45) is 1.21. The first-order valence-corrected chi connectivity index (χ1v) is 6.03. The van der Waals surface area contributed by atoms with E-state index in [0.29, 0.717) is 6.04 Å². The maximum absolute atomic E-state index is 5.95. The molecule has 1 N–H and O–H groups in total. The predicted octanol–water partition coefficient (Wildman–Crippen LogP) is 2.90. The Kier molecular flexibility index (Phi) is 5.81. The molecule has 0 fully saturated rings. The highest BCUT2D eigenvalue weighted by molar-refractivity contribution is 6.30. The van der Waals surface area contributed by atoms with Crippen LogP contribution in [0.25, 0.3) is 0 Å². The second kappa shape index (κ2) is 6.89. The van der Waals surface area contributed by atoms with E-state index in [-0.39, 0.29) is 6.10 Å². The number of likely N-dealkylation sites (N-methyl/N-ethyl adjacent to an activating group) is 1. The Balaban J connectivity index is 2.49. The third-order valence-electron chi connectivity index (χ3n) is 2.41. The van der Waals surface area contributed by atoms with Gasteiger partial charge in [-0.1, -0.05) is 23.7 Å². The van der Waals surface area contributed by atoms with Gasteiger partial charge in [-0.3, -0.25) is 0 Å². The summed E-state index contributed by atoms with van der Waals surface area (Å²) < 4.78 is 5.60. The summed E-state index contributed by atoms with van der Waals surface area (Å²) in [5.74, 6) is 0. The molecular formula is C13H20ClNO. The zero-order chi connectivity index (χ0) is 12.0. The molecule has 16 heavy (non-hydrogen) atoms. The van der Waals surface area contributed by atoms with Gasteiger partial charge in [-0.25, -0.2) is 0 Å². The number of ether oxygens (including phenoxy) is 1. The summed E-state index contributed by atoms with van der Waals surface area (Å²) in [5.41, 5.74) is 1.24. The molecule has 0 aliphatic heterocycles. The van der Waals surface area contributed by atoms with Crippen LogP contribution < -0.4 is 5.32 Å². The molecule has 1 aromatic rings. The van der Waals surface area contributed by atoms with Crippen LogP contribution in [0.2, 0.25) is 5.02 Å². The van der Waals surface area contributed by atoms with Gasteiger partial charge >= 0.3 is 0 Å². The molecule has 0 radical (unpaired) electrons. The number of hydrogen-bond acceptors (Lipinski definition) is 2. The van der Waals surface area contributed by atoms with Gasteiger partial charge in [0.05, 0.1) is 12.7 Å². The van der Waals surface area contributed by atoms with Crippen LogP contribution in [0.15, 0.2) is 24.3 Å². The molecule has 0 aromatic heterocycles.